The fraction of sp³-hybridized carbons (Fsp3) is 0.353. The minimum Gasteiger partial charge on any atom is -0.334 e. The van der Waals surface area contributed by atoms with Crippen molar-refractivity contribution in [1.82, 2.24) is 14.7 Å². The van der Waals surface area contributed by atoms with Crippen LogP contribution in [0.25, 0.3) is 0 Å². The van der Waals surface area contributed by atoms with E-state index in [4.69, 9.17) is 5.26 Å². The molecule has 3 rings (SSSR count). The summed E-state index contributed by atoms with van der Waals surface area (Å²) in [6, 6.07) is 7.45. The Hall–Kier alpha value is -2.75. The Morgan fingerprint density at radius 3 is 2.67 bits per heavy atom. The number of hydrogen-bond donors (Lipinski definition) is 0. The second-order valence-electron chi connectivity index (χ2n) is 5.89. The second-order valence-corrected chi connectivity index (χ2v) is 5.89. The van der Waals surface area contributed by atoms with Crippen molar-refractivity contribution in [3.05, 3.63) is 51.8 Å². The van der Waals surface area contributed by atoms with Crippen LogP contribution in [-0.4, -0.2) is 20.6 Å². The maximum absolute atomic E-state index is 12.9. The van der Waals surface area contributed by atoms with Crippen LogP contribution in [0.1, 0.15) is 40.2 Å². The molecule has 124 valence electrons. The van der Waals surface area contributed by atoms with Crippen LogP contribution in [0.4, 0.5) is 8.78 Å². The van der Waals surface area contributed by atoms with Crippen molar-refractivity contribution in [3.63, 3.8) is 0 Å². The van der Waals surface area contributed by atoms with E-state index in [0.717, 1.165) is 11.1 Å². The Labute approximate surface area is 138 Å². The molecule has 24 heavy (non-hydrogen) atoms. The zero-order valence-electron chi connectivity index (χ0n) is 13.4. The first-order valence-corrected chi connectivity index (χ1v) is 7.53. The number of amides is 1. The zero-order chi connectivity index (χ0) is 17.4. The number of carbonyl (C=O) groups is 1. The van der Waals surface area contributed by atoms with E-state index in [2.05, 4.69) is 11.2 Å². The van der Waals surface area contributed by atoms with Crippen molar-refractivity contribution in [2.24, 2.45) is 0 Å². The molecule has 0 atom stereocenters. The first kappa shape index (κ1) is 16.1. The molecule has 0 bridgehead atoms. The number of fused-ring (bicyclic) bond motifs is 1. The van der Waals surface area contributed by atoms with Gasteiger partial charge in [0.25, 0.3) is 0 Å². The van der Waals surface area contributed by atoms with Crippen molar-refractivity contribution in [2.45, 2.75) is 39.9 Å². The number of nitrogens with zero attached hydrogens (tertiary/aromatic N) is 4. The fourth-order valence-corrected chi connectivity index (χ4v) is 3.05. The highest BCUT2D eigenvalue weighted by Gasteiger charge is 2.26. The molecule has 0 radical (unpaired) electrons. The van der Waals surface area contributed by atoms with Crippen molar-refractivity contribution >= 4 is 5.91 Å². The Morgan fingerprint density at radius 2 is 2.04 bits per heavy atom. The molecule has 0 unspecified atom stereocenters. The lowest BCUT2D eigenvalue weighted by Crippen LogP contribution is -2.27. The van der Waals surface area contributed by atoms with Gasteiger partial charge in [0, 0.05) is 24.3 Å². The number of nitriles is 1. The van der Waals surface area contributed by atoms with Crippen molar-refractivity contribution in [3.8, 4) is 6.07 Å². The Morgan fingerprint density at radius 1 is 1.33 bits per heavy atom. The first-order valence-electron chi connectivity index (χ1n) is 7.53. The minimum atomic E-state index is -2.71. The number of alkyl halides is 2. The first-order chi connectivity index (χ1) is 11.4. The summed E-state index contributed by atoms with van der Waals surface area (Å²) in [5.74, 6) is -0.135. The molecule has 1 aliphatic rings. The minimum absolute atomic E-state index is 0.0451. The third kappa shape index (κ3) is 2.75. The van der Waals surface area contributed by atoms with E-state index in [1.54, 1.807) is 30.9 Å². The third-order valence-corrected chi connectivity index (χ3v) is 4.40. The van der Waals surface area contributed by atoms with Gasteiger partial charge in [-0.25, -0.2) is 4.68 Å². The van der Waals surface area contributed by atoms with E-state index >= 15 is 0 Å². The van der Waals surface area contributed by atoms with Crippen molar-refractivity contribution in [1.29, 1.82) is 5.26 Å². The van der Waals surface area contributed by atoms with Gasteiger partial charge in [-0.3, -0.25) is 4.79 Å². The van der Waals surface area contributed by atoms with E-state index in [1.807, 2.05) is 6.07 Å². The van der Waals surface area contributed by atoms with E-state index < -0.39 is 6.55 Å². The van der Waals surface area contributed by atoms with Gasteiger partial charge in [0.2, 0.25) is 5.91 Å². The third-order valence-electron chi connectivity index (χ3n) is 4.40. The van der Waals surface area contributed by atoms with Crippen LogP contribution in [0, 0.1) is 25.2 Å². The highest BCUT2D eigenvalue weighted by molar-refractivity contribution is 5.80. The largest absolute Gasteiger partial charge is 0.334 e. The molecule has 1 aromatic carbocycles. The average molecular weight is 330 g/mol. The summed E-state index contributed by atoms with van der Waals surface area (Å²) < 4.78 is 26.4. The quantitative estimate of drug-likeness (QED) is 0.869. The summed E-state index contributed by atoms with van der Waals surface area (Å²) in [7, 11) is 0. The summed E-state index contributed by atoms with van der Waals surface area (Å²) >= 11 is 0. The van der Waals surface area contributed by atoms with Crippen LogP contribution >= 0.6 is 0 Å². The Kier molecular flexibility index (Phi) is 4.06. The van der Waals surface area contributed by atoms with E-state index in [-0.39, 0.29) is 12.3 Å². The topological polar surface area (TPSA) is 61.9 Å². The summed E-state index contributed by atoms with van der Waals surface area (Å²) in [5, 5.41) is 12.8. The molecule has 0 saturated carbocycles. The van der Waals surface area contributed by atoms with Gasteiger partial charge < -0.3 is 4.90 Å². The van der Waals surface area contributed by atoms with E-state index in [9.17, 15) is 13.6 Å². The number of rotatable bonds is 3. The molecule has 5 nitrogen and oxygen atoms in total. The molecule has 0 spiro atoms. The highest BCUT2D eigenvalue weighted by Crippen LogP contribution is 2.26. The molecule has 2 aromatic rings. The second kappa shape index (κ2) is 6.04. The van der Waals surface area contributed by atoms with Crippen molar-refractivity contribution < 1.29 is 13.6 Å². The summed E-state index contributed by atoms with van der Waals surface area (Å²) in [4.78, 5) is 14.2. The van der Waals surface area contributed by atoms with Gasteiger partial charge in [-0.2, -0.15) is 19.1 Å². The maximum atomic E-state index is 12.9. The standard InChI is InChI=1S/C17H16F2N4O/c1-10-15(11(2)23(21-10)17(18)19)6-16(24)22-8-13-4-3-12(7-20)5-14(13)9-22/h3-5,17H,6,8-9H2,1-2H3. The molecule has 2 heterocycles. The van der Waals surface area contributed by atoms with E-state index in [1.165, 1.54) is 0 Å². The molecule has 0 aliphatic carbocycles. The lowest BCUT2D eigenvalue weighted by Gasteiger charge is -2.15. The van der Waals surface area contributed by atoms with Gasteiger partial charge in [-0.1, -0.05) is 6.07 Å². The molecule has 1 aromatic heterocycles. The summed E-state index contributed by atoms with van der Waals surface area (Å²) in [6.07, 6.45) is 0.0451. The van der Waals surface area contributed by atoms with E-state index in [0.29, 0.717) is 40.3 Å². The number of benzene rings is 1. The van der Waals surface area contributed by atoms with Crippen LogP contribution in [0.2, 0.25) is 0 Å². The zero-order valence-corrected chi connectivity index (χ0v) is 13.4. The molecular formula is C17H16F2N4O. The molecule has 1 amide bonds. The summed E-state index contributed by atoms with van der Waals surface area (Å²) in [5.41, 5.74) is 3.85. The van der Waals surface area contributed by atoms with Crippen LogP contribution in [0.5, 0.6) is 0 Å². The van der Waals surface area contributed by atoms with Crippen molar-refractivity contribution in [2.75, 3.05) is 0 Å². The molecule has 1 aliphatic heterocycles. The van der Waals surface area contributed by atoms with Crippen LogP contribution in [-0.2, 0) is 24.3 Å². The van der Waals surface area contributed by atoms with Crippen LogP contribution < -0.4 is 0 Å². The SMILES string of the molecule is Cc1nn(C(F)F)c(C)c1CC(=O)N1Cc2ccc(C#N)cc2C1. The number of halogens is 2. The van der Waals surface area contributed by atoms with Gasteiger partial charge in [0.1, 0.15) is 0 Å². The number of hydrogen-bond acceptors (Lipinski definition) is 3. The van der Waals surface area contributed by atoms with Crippen LogP contribution in [0.15, 0.2) is 18.2 Å². The van der Waals surface area contributed by atoms with Crippen LogP contribution in [0.3, 0.4) is 0 Å². The smallest absolute Gasteiger partial charge is 0.333 e. The molecule has 0 saturated heterocycles. The van der Waals surface area contributed by atoms with Gasteiger partial charge in [0.15, 0.2) is 0 Å². The maximum Gasteiger partial charge on any atom is 0.333 e. The average Bonchev–Trinajstić information content (AvgIpc) is 3.10. The van der Waals surface area contributed by atoms with Gasteiger partial charge >= 0.3 is 6.55 Å². The van der Waals surface area contributed by atoms with Gasteiger partial charge in [-0.15, -0.1) is 0 Å². The normalized spacial score (nSPS) is 13.2. The predicted octanol–water partition coefficient (Wildman–Crippen LogP) is 2.85. The number of aromatic nitrogens is 2. The Bertz CT molecular complexity index is 851. The lowest BCUT2D eigenvalue weighted by atomic mass is 10.1. The highest BCUT2D eigenvalue weighted by atomic mass is 19.3. The monoisotopic (exact) mass is 330 g/mol. The lowest BCUT2D eigenvalue weighted by molar-refractivity contribution is -0.131. The van der Waals surface area contributed by atoms with Gasteiger partial charge in [-0.05, 0) is 37.1 Å². The summed E-state index contributed by atoms with van der Waals surface area (Å²) in [6.45, 7) is 1.37. The number of carbonyl (C=O) groups excluding carboxylic acids is 1. The molecule has 7 heteroatoms. The fourth-order valence-electron chi connectivity index (χ4n) is 3.05. The van der Waals surface area contributed by atoms with Gasteiger partial charge in [0.05, 0.1) is 23.7 Å². The molecule has 0 fully saturated rings. The molecule has 0 N–H and O–H groups in total. The molecular weight excluding hydrogens is 314 g/mol. The predicted molar refractivity (Wildman–Crippen MR) is 82.1 cm³/mol. The number of aryl methyl sites for hydroxylation is 1. The Balaban J connectivity index is 1.77.